The zero-order chi connectivity index (χ0) is 11.5. The summed E-state index contributed by atoms with van der Waals surface area (Å²) in [4.78, 5) is 22.9. The van der Waals surface area contributed by atoms with Crippen LogP contribution in [0.2, 0.25) is 0 Å². The normalized spacial score (nSPS) is 31.5. The monoisotopic (exact) mass is 211 g/mol. The van der Waals surface area contributed by atoms with Crippen LogP contribution in [-0.4, -0.2) is 11.8 Å². The van der Waals surface area contributed by atoms with Crippen molar-refractivity contribution in [3.05, 3.63) is 0 Å². The summed E-state index contributed by atoms with van der Waals surface area (Å²) < 4.78 is 0. The SMILES string of the molecule is CCCCCC1(C)CC(=O)NC(=O)C1C. The second kappa shape index (κ2) is 4.77. The standard InChI is InChI=1S/C12H21NO2/c1-4-5-6-7-12(3)8-10(14)13-11(15)9(12)2/h9H,4-8H2,1-3H3,(H,13,14,15). The lowest BCUT2D eigenvalue weighted by molar-refractivity contribution is -0.142. The molecular formula is C12H21NO2. The van der Waals surface area contributed by atoms with Gasteiger partial charge in [-0.05, 0) is 11.8 Å². The van der Waals surface area contributed by atoms with Crippen LogP contribution in [-0.2, 0) is 9.59 Å². The molecule has 2 atom stereocenters. The van der Waals surface area contributed by atoms with Crippen LogP contribution in [0.3, 0.4) is 0 Å². The van der Waals surface area contributed by atoms with Crippen LogP contribution >= 0.6 is 0 Å². The van der Waals surface area contributed by atoms with Gasteiger partial charge < -0.3 is 0 Å². The van der Waals surface area contributed by atoms with Crippen LogP contribution in [0.1, 0.15) is 52.9 Å². The van der Waals surface area contributed by atoms with E-state index in [1.165, 1.54) is 12.8 Å². The molecule has 3 nitrogen and oxygen atoms in total. The zero-order valence-corrected chi connectivity index (χ0v) is 9.93. The summed E-state index contributed by atoms with van der Waals surface area (Å²) in [5.74, 6) is -0.269. The van der Waals surface area contributed by atoms with E-state index in [0.29, 0.717) is 6.42 Å². The minimum atomic E-state index is -0.130. The van der Waals surface area contributed by atoms with Gasteiger partial charge in [-0.1, -0.05) is 40.0 Å². The van der Waals surface area contributed by atoms with Crippen LogP contribution in [0, 0.1) is 11.3 Å². The fourth-order valence-corrected chi connectivity index (χ4v) is 2.21. The summed E-state index contributed by atoms with van der Waals surface area (Å²) in [6.07, 6.45) is 4.92. The van der Waals surface area contributed by atoms with E-state index in [1.807, 2.05) is 6.92 Å². The van der Waals surface area contributed by atoms with Crippen LogP contribution in [0.15, 0.2) is 0 Å². The molecule has 1 aliphatic rings. The van der Waals surface area contributed by atoms with Gasteiger partial charge in [0.1, 0.15) is 0 Å². The van der Waals surface area contributed by atoms with E-state index in [-0.39, 0.29) is 23.1 Å². The van der Waals surface area contributed by atoms with Crippen molar-refractivity contribution in [2.45, 2.75) is 52.9 Å². The zero-order valence-electron chi connectivity index (χ0n) is 9.93. The molecule has 3 heteroatoms. The average Bonchev–Trinajstić information content (AvgIpc) is 2.14. The number of imide groups is 1. The number of rotatable bonds is 4. The largest absolute Gasteiger partial charge is 0.296 e. The third-order valence-electron chi connectivity index (χ3n) is 3.62. The Morgan fingerprint density at radius 1 is 1.40 bits per heavy atom. The van der Waals surface area contributed by atoms with Crippen LogP contribution in [0.25, 0.3) is 0 Å². The Morgan fingerprint density at radius 2 is 2.07 bits per heavy atom. The van der Waals surface area contributed by atoms with Gasteiger partial charge in [-0.2, -0.15) is 0 Å². The molecular weight excluding hydrogens is 190 g/mol. The number of nitrogens with one attached hydrogen (secondary N) is 1. The highest BCUT2D eigenvalue weighted by atomic mass is 16.2. The molecule has 0 spiro atoms. The van der Waals surface area contributed by atoms with Crippen molar-refractivity contribution in [3.63, 3.8) is 0 Å². The Morgan fingerprint density at radius 3 is 2.67 bits per heavy atom. The maximum absolute atomic E-state index is 11.5. The lowest BCUT2D eigenvalue weighted by atomic mass is 9.69. The third-order valence-corrected chi connectivity index (χ3v) is 3.62. The Hall–Kier alpha value is -0.860. The molecule has 1 N–H and O–H groups in total. The highest BCUT2D eigenvalue weighted by Crippen LogP contribution is 2.39. The molecule has 1 rings (SSSR count). The summed E-state index contributed by atoms with van der Waals surface area (Å²) >= 11 is 0. The molecule has 1 heterocycles. The van der Waals surface area contributed by atoms with E-state index in [9.17, 15) is 9.59 Å². The molecule has 2 unspecified atom stereocenters. The van der Waals surface area contributed by atoms with Gasteiger partial charge in [-0.25, -0.2) is 0 Å². The number of carbonyl (C=O) groups is 2. The van der Waals surface area contributed by atoms with E-state index in [2.05, 4.69) is 19.2 Å². The minimum Gasteiger partial charge on any atom is -0.296 e. The topological polar surface area (TPSA) is 46.2 Å². The van der Waals surface area contributed by atoms with Crippen LogP contribution < -0.4 is 5.32 Å². The number of amides is 2. The summed E-state index contributed by atoms with van der Waals surface area (Å²) in [7, 11) is 0. The van der Waals surface area contributed by atoms with Crippen molar-refractivity contribution in [2.75, 3.05) is 0 Å². The second-order valence-corrected chi connectivity index (χ2v) is 4.92. The minimum absolute atomic E-state index is 0.0490. The van der Waals surface area contributed by atoms with Crippen molar-refractivity contribution >= 4 is 11.8 Å². The average molecular weight is 211 g/mol. The first-order valence-electron chi connectivity index (χ1n) is 5.83. The molecule has 0 aromatic heterocycles. The molecule has 0 bridgehead atoms. The predicted octanol–water partition coefficient (Wildman–Crippen LogP) is 2.26. The predicted molar refractivity (Wildman–Crippen MR) is 59.2 cm³/mol. The number of hydrogen-bond donors (Lipinski definition) is 1. The summed E-state index contributed by atoms with van der Waals surface area (Å²) in [5, 5.41) is 2.40. The molecule has 1 fully saturated rings. The first kappa shape index (κ1) is 12.2. The molecule has 2 amide bonds. The van der Waals surface area contributed by atoms with Crippen molar-refractivity contribution < 1.29 is 9.59 Å². The highest BCUT2D eigenvalue weighted by Gasteiger charge is 2.41. The Bertz CT molecular complexity index is 262. The lowest BCUT2D eigenvalue weighted by Crippen LogP contribution is -2.49. The van der Waals surface area contributed by atoms with Crippen molar-refractivity contribution in [1.82, 2.24) is 5.32 Å². The Balaban J connectivity index is 2.62. The van der Waals surface area contributed by atoms with Gasteiger partial charge in [0, 0.05) is 12.3 Å². The Kier molecular flexibility index (Phi) is 3.89. The van der Waals surface area contributed by atoms with Gasteiger partial charge in [0.2, 0.25) is 11.8 Å². The number of carbonyl (C=O) groups excluding carboxylic acids is 2. The van der Waals surface area contributed by atoms with Crippen molar-refractivity contribution in [3.8, 4) is 0 Å². The molecule has 0 radical (unpaired) electrons. The van der Waals surface area contributed by atoms with E-state index in [1.54, 1.807) is 0 Å². The van der Waals surface area contributed by atoms with Gasteiger partial charge in [-0.15, -0.1) is 0 Å². The van der Waals surface area contributed by atoms with Gasteiger partial charge >= 0.3 is 0 Å². The molecule has 86 valence electrons. The molecule has 0 aliphatic carbocycles. The first-order chi connectivity index (χ1) is 6.99. The molecule has 0 saturated carbocycles. The van der Waals surface area contributed by atoms with Crippen molar-refractivity contribution in [1.29, 1.82) is 0 Å². The molecule has 15 heavy (non-hydrogen) atoms. The molecule has 0 aromatic rings. The second-order valence-electron chi connectivity index (χ2n) is 4.92. The summed E-state index contributed by atoms with van der Waals surface area (Å²) in [6, 6.07) is 0. The van der Waals surface area contributed by atoms with Crippen LogP contribution in [0.4, 0.5) is 0 Å². The van der Waals surface area contributed by atoms with E-state index >= 15 is 0 Å². The molecule has 1 saturated heterocycles. The number of piperidine rings is 1. The van der Waals surface area contributed by atoms with Gasteiger partial charge in [0.25, 0.3) is 0 Å². The number of hydrogen-bond acceptors (Lipinski definition) is 2. The van der Waals surface area contributed by atoms with Crippen LogP contribution in [0.5, 0.6) is 0 Å². The summed E-state index contributed by atoms with van der Waals surface area (Å²) in [6.45, 7) is 6.14. The molecule has 0 aromatic carbocycles. The molecule has 1 aliphatic heterocycles. The first-order valence-corrected chi connectivity index (χ1v) is 5.83. The Labute approximate surface area is 91.6 Å². The maximum Gasteiger partial charge on any atom is 0.229 e. The lowest BCUT2D eigenvalue weighted by Gasteiger charge is -2.38. The van der Waals surface area contributed by atoms with Gasteiger partial charge in [-0.3, -0.25) is 14.9 Å². The van der Waals surface area contributed by atoms with Gasteiger partial charge in [0.15, 0.2) is 0 Å². The number of unbranched alkanes of at least 4 members (excludes halogenated alkanes) is 2. The third kappa shape index (κ3) is 2.80. The quantitative estimate of drug-likeness (QED) is 0.572. The fraction of sp³-hybridized carbons (Fsp3) is 0.833. The van der Waals surface area contributed by atoms with Gasteiger partial charge in [0.05, 0.1) is 0 Å². The highest BCUT2D eigenvalue weighted by molar-refractivity contribution is 5.99. The maximum atomic E-state index is 11.5. The van der Waals surface area contributed by atoms with E-state index in [4.69, 9.17) is 0 Å². The smallest absolute Gasteiger partial charge is 0.229 e. The van der Waals surface area contributed by atoms with Crippen molar-refractivity contribution in [2.24, 2.45) is 11.3 Å². The summed E-state index contributed by atoms with van der Waals surface area (Å²) in [5.41, 5.74) is -0.130. The van der Waals surface area contributed by atoms with E-state index in [0.717, 1.165) is 12.8 Å². The fourth-order valence-electron chi connectivity index (χ4n) is 2.21. The van der Waals surface area contributed by atoms with E-state index < -0.39 is 0 Å².